The Morgan fingerprint density at radius 2 is 1.00 bits per heavy atom. The number of ether oxygens (including phenoxy) is 2. The van der Waals surface area contributed by atoms with E-state index in [2.05, 4.69) is 9.47 Å². The predicted octanol–water partition coefficient (Wildman–Crippen LogP) is -3.17. The van der Waals surface area contributed by atoms with Gasteiger partial charge in [0.05, 0.1) is 12.8 Å². The number of carbonyl (C=O) groups is 6. The molecule has 0 aromatic rings. The summed E-state index contributed by atoms with van der Waals surface area (Å²) in [5.74, 6) is -7.60. The SMILES string of the molecule is N[C@@H](CC(=O)OC(=O)CC[C@H](N)C(=O)OC(=O)C[C@H](N)C(=O)O)C(=O)O.[Zn].[Zn].[Zn].[Zn]. The first-order chi connectivity index (χ1) is 11.9. The molecule has 0 aliphatic rings. The molecule has 0 rings (SSSR count). The maximum Gasteiger partial charge on any atom is 0.330 e. The van der Waals surface area contributed by atoms with Gasteiger partial charge in [-0.2, -0.15) is 0 Å². The summed E-state index contributed by atoms with van der Waals surface area (Å²) in [7, 11) is 0. The van der Waals surface area contributed by atoms with E-state index in [1.54, 1.807) is 0 Å². The van der Waals surface area contributed by atoms with Gasteiger partial charge in [-0.05, 0) is 6.42 Å². The Morgan fingerprint density at radius 1 is 0.633 bits per heavy atom. The van der Waals surface area contributed by atoms with Crippen molar-refractivity contribution in [3.63, 3.8) is 0 Å². The Morgan fingerprint density at radius 3 is 1.37 bits per heavy atom. The summed E-state index contributed by atoms with van der Waals surface area (Å²) in [6.07, 6.45) is -2.34. The van der Waals surface area contributed by atoms with Crippen LogP contribution < -0.4 is 17.2 Å². The first-order valence-corrected chi connectivity index (χ1v) is 7.14. The molecule has 0 aromatic heterocycles. The quantitative estimate of drug-likeness (QED) is 0.0902. The Hall–Kier alpha value is -0.406. The fraction of sp³-hybridized carbons (Fsp3) is 0.538. The number of rotatable bonds is 10. The number of hydrogen-bond acceptors (Lipinski definition) is 11. The van der Waals surface area contributed by atoms with Crippen molar-refractivity contribution in [3.8, 4) is 0 Å². The normalized spacial score (nSPS) is 12.0. The Labute approximate surface area is 221 Å². The van der Waals surface area contributed by atoms with Gasteiger partial charge in [0.2, 0.25) is 0 Å². The fourth-order valence-electron chi connectivity index (χ4n) is 1.37. The number of esters is 4. The molecular formula is C13H19N3O10Zn4. The molecule has 0 radical (unpaired) electrons. The van der Waals surface area contributed by atoms with Crippen LogP contribution in [0.5, 0.6) is 0 Å². The molecular weight excluding hydrogens is 620 g/mol. The third-order valence-corrected chi connectivity index (χ3v) is 2.81. The van der Waals surface area contributed by atoms with E-state index < -0.39 is 73.2 Å². The van der Waals surface area contributed by atoms with Crippen LogP contribution in [-0.4, -0.2) is 64.2 Å². The van der Waals surface area contributed by atoms with Gasteiger partial charge in [-0.15, -0.1) is 0 Å². The maximum absolute atomic E-state index is 11.5. The molecule has 0 fully saturated rings. The Balaban J connectivity index is -0.000000521. The number of aliphatic carboxylic acids is 2. The molecule has 13 nitrogen and oxygen atoms in total. The van der Waals surface area contributed by atoms with Crippen molar-refractivity contribution in [3.05, 3.63) is 0 Å². The second-order valence-electron chi connectivity index (χ2n) is 5.08. The van der Waals surface area contributed by atoms with Crippen LogP contribution >= 0.6 is 0 Å². The van der Waals surface area contributed by atoms with Gasteiger partial charge in [0.1, 0.15) is 18.1 Å². The van der Waals surface area contributed by atoms with E-state index in [0.29, 0.717) is 0 Å². The summed E-state index contributed by atoms with van der Waals surface area (Å²) in [5, 5.41) is 17.0. The third kappa shape index (κ3) is 18.4. The van der Waals surface area contributed by atoms with Gasteiger partial charge in [0, 0.05) is 84.3 Å². The van der Waals surface area contributed by atoms with E-state index in [0.717, 1.165) is 0 Å². The molecule has 0 aliphatic carbocycles. The van der Waals surface area contributed by atoms with Gasteiger partial charge in [-0.1, -0.05) is 0 Å². The second kappa shape index (κ2) is 20.5. The van der Waals surface area contributed by atoms with E-state index in [1.807, 2.05) is 0 Å². The Bertz CT molecular complexity index is 608. The zero-order valence-electron chi connectivity index (χ0n) is 16.3. The average Bonchev–Trinajstić information content (AvgIpc) is 2.51. The van der Waals surface area contributed by atoms with Crippen LogP contribution in [0.25, 0.3) is 0 Å². The zero-order valence-corrected chi connectivity index (χ0v) is 28.1. The molecule has 0 bridgehead atoms. The molecule has 3 atom stereocenters. The predicted molar refractivity (Wildman–Crippen MR) is 79.9 cm³/mol. The molecule has 154 valence electrons. The van der Waals surface area contributed by atoms with Crippen LogP contribution in [0.2, 0.25) is 0 Å². The second-order valence-corrected chi connectivity index (χ2v) is 5.08. The first-order valence-electron chi connectivity index (χ1n) is 7.14. The Kier molecular flexibility index (Phi) is 27.3. The summed E-state index contributed by atoms with van der Waals surface area (Å²) in [6.45, 7) is 0. The molecule has 0 saturated carbocycles. The first kappa shape index (κ1) is 40.0. The number of hydrogen-bond donors (Lipinski definition) is 5. The molecule has 0 unspecified atom stereocenters. The van der Waals surface area contributed by atoms with Gasteiger partial charge in [0.15, 0.2) is 0 Å². The molecule has 0 amide bonds. The molecule has 0 aromatic carbocycles. The summed E-state index contributed by atoms with van der Waals surface area (Å²) < 4.78 is 8.56. The van der Waals surface area contributed by atoms with Crippen molar-refractivity contribution in [1.29, 1.82) is 0 Å². The molecule has 0 saturated heterocycles. The largest absolute Gasteiger partial charge is 0.480 e. The molecule has 0 heterocycles. The monoisotopic (exact) mass is 633 g/mol. The van der Waals surface area contributed by atoms with E-state index in [1.165, 1.54) is 0 Å². The van der Waals surface area contributed by atoms with Crippen LogP contribution in [0.1, 0.15) is 25.7 Å². The van der Waals surface area contributed by atoms with E-state index in [9.17, 15) is 28.8 Å². The van der Waals surface area contributed by atoms with E-state index in [4.69, 9.17) is 27.4 Å². The standard InChI is InChI=1S/C13H19N3O10.4Zn/c14-5(13(24)26-10(19)4-7(16)12(22)23)1-2-8(17)25-9(18)3-6(15)11(20)21;;;;/h5-7H,1-4,14-16H2,(H,20,21)(H,22,23);;;;/t5-,6-,7-;;;;/m0..../s1. The van der Waals surface area contributed by atoms with E-state index in [-0.39, 0.29) is 84.3 Å². The van der Waals surface area contributed by atoms with Crippen molar-refractivity contribution in [1.82, 2.24) is 0 Å². The van der Waals surface area contributed by atoms with Crippen molar-refractivity contribution in [2.45, 2.75) is 43.8 Å². The molecule has 0 aliphatic heterocycles. The minimum Gasteiger partial charge on any atom is -0.480 e. The van der Waals surface area contributed by atoms with Gasteiger partial charge >= 0.3 is 35.8 Å². The molecule has 8 N–H and O–H groups in total. The maximum atomic E-state index is 11.5. The molecule has 30 heavy (non-hydrogen) atoms. The van der Waals surface area contributed by atoms with Crippen LogP contribution in [0.15, 0.2) is 0 Å². The van der Waals surface area contributed by atoms with Gasteiger partial charge < -0.3 is 36.9 Å². The third-order valence-electron chi connectivity index (χ3n) is 2.81. The fourth-order valence-corrected chi connectivity index (χ4v) is 1.37. The van der Waals surface area contributed by atoms with Crippen molar-refractivity contribution in [2.75, 3.05) is 0 Å². The smallest absolute Gasteiger partial charge is 0.330 e. The van der Waals surface area contributed by atoms with Crippen LogP contribution in [0, 0.1) is 0 Å². The topological polar surface area (TPSA) is 239 Å². The molecule has 17 heteroatoms. The van der Waals surface area contributed by atoms with Crippen LogP contribution in [0.3, 0.4) is 0 Å². The van der Waals surface area contributed by atoms with Crippen molar-refractivity contribution < 1.29 is 126 Å². The van der Waals surface area contributed by atoms with Crippen molar-refractivity contribution >= 4 is 35.8 Å². The van der Waals surface area contributed by atoms with E-state index >= 15 is 0 Å². The summed E-state index contributed by atoms with van der Waals surface area (Å²) in [4.78, 5) is 66.3. The van der Waals surface area contributed by atoms with Crippen LogP contribution in [-0.2, 0) is 116 Å². The van der Waals surface area contributed by atoms with Crippen molar-refractivity contribution in [2.24, 2.45) is 17.2 Å². The minimum absolute atomic E-state index is 0. The number of carboxylic acid groups (broad SMARTS) is 2. The summed E-state index contributed by atoms with van der Waals surface area (Å²) in [5.41, 5.74) is 15.6. The number of carboxylic acids is 2. The van der Waals surface area contributed by atoms with Gasteiger partial charge in [-0.3, -0.25) is 24.0 Å². The molecule has 0 spiro atoms. The average molecular weight is 639 g/mol. The zero-order chi connectivity index (χ0) is 20.4. The summed E-state index contributed by atoms with van der Waals surface area (Å²) >= 11 is 0. The van der Waals surface area contributed by atoms with Gasteiger partial charge in [-0.25, -0.2) is 4.79 Å². The minimum atomic E-state index is -1.55. The van der Waals surface area contributed by atoms with Gasteiger partial charge in [0.25, 0.3) is 0 Å². The van der Waals surface area contributed by atoms with Crippen LogP contribution in [0.4, 0.5) is 0 Å². The number of nitrogens with two attached hydrogens (primary N) is 3. The summed E-state index contributed by atoms with van der Waals surface area (Å²) in [6, 6.07) is -4.51. The number of carbonyl (C=O) groups excluding carboxylic acids is 4.